The molecule has 0 saturated heterocycles. The van der Waals surface area contributed by atoms with Crippen LogP contribution in [0.15, 0.2) is 47.3 Å². The maximum atomic E-state index is 13.0. The van der Waals surface area contributed by atoms with Crippen LogP contribution < -0.4 is 24.5 Å². The number of aromatic nitrogens is 1. The largest absolute Gasteiger partial charge is 0.494 e. The van der Waals surface area contributed by atoms with Crippen molar-refractivity contribution in [3.05, 3.63) is 75.1 Å². The first-order valence-electron chi connectivity index (χ1n) is 9.98. The number of Topliss-reactive ketones (excluding diaryl/α,β-unsaturated/α-hetero) is 1. The Morgan fingerprint density at radius 2 is 1.91 bits per heavy atom. The zero-order valence-corrected chi connectivity index (χ0v) is 18.0. The van der Waals surface area contributed by atoms with Gasteiger partial charge in [0.15, 0.2) is 29.6 Å². The highest BCUT2D eigenvalue weighted by molar-refractivity contribution is 6.01. The number of hydrogen-bond acceptors (Lipinski definition) is 8. The minimum atomic E-state index is -0.702. The second-order valence-corrected chi connectivity index (χ2v) is 7.25. The molecule has 0 amide bonds. The summed E-state index contributed by atoms with van der Waals surface area (Å²) in [6.45, 7) is 1.03. The summed E-state index contributed by atoms with van der Waals surface area (Å²) in [6.07, 6.45) is 0. The standard InChI is InChI=1S/C24H20N2O7/c1-14-16(10-25)23(28)26(11-15-7-8-20-21(9-15)33-13-32-20)24(29)22(14)17(27)12-31-19-6-4-3-5-18(19)30-2/h3-9,29H,11-13H2,1-2H3. The number of carbonyl (C=O) groups is 1. The summed E-state index contributed by atoms with van der Waals surface area (Å²) < 4.78 is 22.4. The molecule has 1 aromatic heterocycles. The number of pyridine rings is 1. The van der Waals surface area contributed by atoms with Crippen LogP contribution in [-0.4, -0.2) is 36.0 Å². The molecule has 0 atom stereocenters. The number of ether oxygens (including phenoxy) is 4. The van der Waals surface area contributed by atoms with E-state index in [4.69, 9.17) is 18.9 Å². The first-order chi connectivity index (χ1) is 15.9. The van der Waals surface area contributed by atoms with Gasteiger partial charge in [-0.05, 0) is 42.3 Å². The Morgan fingerprint density at radius 3 is 2.64 bits per heavy atom. The van der Waals surface area contributed by atoms with Crippen molar-refractivity contribution < 1.29 is 28.8 Å². The van der Waals surface area contributed by atoms with Crippen molar-refractivity contribution in [3.63, 3.8) is 0 Å². The predicted molar refractivity (Wildman–Crippen MR) is 116 cm³/mol. The van der Waals surface area contributed by atoms with Gasteiger partial charge in [0.2, 0.25) is 18.5 Å². The number of nitriles is 1. The maximum Gasteiger partial charge on any atom is 0.271 e. The fourth-order valence-corrected chi connectivity index (χ4v) is 3.61. The van der Waals surface area contributed by atoms with Gasteiger partial charge in [-0.1, -0.05) is 18.2 Å². The zero-order chi connectivity index (χ0) is 23.5. The third-order valence-corrected chi connectivity index (χ3v) is 5.28. The molecule has 2 heterocycles. The highest BCUT2D eigenvalue weighted by Gasteiger charge is 2.25. The van der Waals surface area contributed by atoms with Crippen LogP contribution in [0, 0.1) is 18.3 Å². The molecular weight excluding hydrogens is 428 g/mol. The average molecular weight is 448 g/mol. The van der Waals surface area contributed by atoms with Crippen LogP contribution in [0.25, 0.3) is 0 Å². The molecule has 0 fully saturated rings. The summed E-state index contributed by atoms with van der Waals surface area (Å²) >= 11 is 0. The number of rotatable bonds is 7. The number of aromatic hydroxyl groups is 1. The number of methoxy groups -OCH3 is 1. The number of nitrogens with zero attached hydrogens (tertiary/aromatic N) is 2. The number of hydrogen-bond donors (Lipinski definition) is 1. The van der Waals surface area contributed by atoms with Gasteiger partial charge in [-0.25, -0.2) is 0 Å². The molecule has 0 radical (unpaired) electrons. The average Bonchev–Trinajstić information content (AvgIpc) is 3.29. The van der Waals surface area contributed by atoms with Crippen LogP contribution in [0.2, 0.25) is 0 Å². The smallest absolute Gasteiger partial charge is 0.271 e. The molecule has 168 valence electrons. The molecule has 0 spiro atoms. The number of benzene rings is 2. The summed E-state index contributed by atoms with van der Waals surface area (Å²) in [5.41, 5.74) is -0.369. The quantitative estimate of drug-likeness (QED) is 0.548. The lowest BCUT2D eigenvalue weighted by Gasteiger charge is -2.16. The van der Waals surface area contributed by atoms with Gasteiger partial charge in [-0.15, -0.1) is 0 Å². The van der Waals surface area contributed by atoms with Crippen LogP contribution in [-0.2, 0) is 6.54 Å². The second-order valence-electron chi connectivity index (χ2n) is 7.25. The Bertz CT molecular complexity index is 1340. The summed E-state index contributed by atoms with van der Waals surface area (Å²) in [4.78, 5) is 25.9. The van der Waals surface area contributed by atoms with Gasteiger partial charge in [-0.3, -0.25) is 14.2 Å². The minimum absolute atomic E-state index is 0.0795. The van der Waals surface area contributed by atoms with E-state index in [2.05, 4.69) is 0 Å². The van der Waals surface area contributed by atoms with E-state index in [1.807, 2.05) is 6.07 Å². The molecule has 0 aliphatic carbocycles. The van der Waals surface area contributed by atoms with E-state index >= 15 is 0 Å². The molecule has 4 rings (SSSR count). The van der Waals surface area contributed by atoms with Crippen LogP contribution in [0.4, 0.5) is 0 Å². The SMILES string of the molecule is COc1ccccc1OCC(=O)c1c(C)c(C#N)c(=O)n(Cc2ccc3c(c2)OCO3)c1O. The van der Waals surface area contributed by atoms with Gasteiger partial charge in [0, 0.05) is 0 Å². The molecule has 1 aliphatic heterocycles. The van der Waals surface area contributed by atoms with Crippen molar-refractivity contribution in [2.45, 2.75) is 13.5 Å². The molecule has 2 aromatic carbocycles. The Kier molecular flexibility index (Phi) is 5.91. The zero-order valence-electron chi connectivity index (χ0n) is 18.0. The van der Waals surface area contributed by atoms with E-state index in [9.17, 15) is 20.0 Å². The summed E-state index contributed by atoms with van der Waals surface area (Å²) in [6, 6.07) is 13.7. The summed E-state index contributed by atoms with van der Waals surface area (Å²) in [5, 5.41) is 20.4. The van der Waals surface area contributed by atoms with Crippen molar-refractivity contribution >= 4 is 5.78 Å². The Labute approximate surface area is 188 Å². The fraction of sp³-hybridized carbons (Fsp3) is 0.208. The molecular formula is C24H20N2O7. The number of carbonyl (C=O) groups excluding carboxylic acids is 1. The molecule has 0 unspecified atom stereocenters. The minimum Gasteiger partial charge on any atom is -0.494 e. The van der Waals surface area contributed by atoms with E-state index in [1.54, 1.807) is 42.5 Å². The van der Waals surface area contributed by atoms with E-state index in [0.717, 1.165) is 4.57 Å². The summed E-state index contributed by atoms with van der Waals surface area (Å²) in [5.74, 6) is 0.738. The highest BCUT2D eigenvalue weighted by atomic mass is 16.7. The monoisotopic (exact) mass is 448 g/mol. The molecule has 1 aliphatic rings. The highest BCUT2D eigenvalue weighted by Crippen LogP contribution is 2.33. The number of ketones is 1. The normalized spacial score (nSPS) is 11.7. The molecule has 9 heteroatoms. The van der Waals surface area contributed by atoms with Gasteiger partial charge < -0.3 is 24.1 Å². The predicted octanol–water partition coefficient (Wildman–Crippen LogP) is 2.78. The van der Waals surface area contributed by atoms with Crippen LogP contribution in [0.1, 0.15) is 27.0 Å². The first-order valence-corrected chi connectivity index (χ1v) is 9.98. The fourth-order valence-electron chi connectivity index (χ4n) is 3.61. The molecule has 1 N–H and O–H groups in total. The van der Waals surface area contributed by atoms with Crippen molar-refractivity contribution in [3.8, 4) is 34.9 Å². The van der Waals surface area contributed by atoms with Gasteiger partial charge in [0.1, 0.15) is 11.6 Å². The van der Waals surface area contributed by atoms with Crippen LogP contribution in [0.3, 0.4) is 0 Å². The van der Waals surface area contributed by atoms with Crippen molar-refractivity contribution in [1.82, 2.24) is 4.57 Å². The van der Waals surface area contributed by atoms with Gasteiger partial charge >= 0.3 is 0 Å². The number of para-hydroxylation sites is 2. The van der Waals surface area contributed by atoms with Gasteiger partial charge in [-0.2, -0.15) is 5.26 Å². The lowest BCUT2D eigenvalue weighted by Crippen LogP contribution is -2.28. The van der Waals surface area contributed by atoms with Gasteiger partial charge in [0.05, 0.1) is 19.2 Å². The van der Waals surface area contributed by atoms with Crippen molar-refractivity contribution in [2.24, 2.45) is 0 Å². The Balaban J connectivity index is 1.69. The molecule has 9 nitrogen and oxygen atoms in total. The second kappa shape index (κ2) is 8.96. The van der Waals surface area contributed by atoms with E-state index in [-0.39, 0.29) is 30.0 Å². The van der Waals surface area contributed by atoms with Gasteiger partial charge in [0.25, 0.3) is 5.56 Å². The lowest BCUT2D eigenvalue weighted by molar-refractivity contribution is 0.0914. The van der Waals surface area contributed by atoms with E-state index < -0.39 is 23.8 Å². The van der Waals surface area contributed by atoms with E-state index in [1.165, 1.54) is 14.0 Å². The van der Waals surface area contributed by atoms with Crippen LogP contribution >= 0.6 is 0 Å². The van der Waals surface area contributed by atoms with Crippen LogP contribution in [0.5, 0.6) is 28.9 Å². The topological polar surface area (TPSA) is 120 Å². The molecule has 33 heavy (non-hydrogen) atoms. The Hall–Kier alpha value is -4.45. The first kappa shape index (κ1) is 21.8. The lowest BCUT2D eigenvalue weighted by atomic mass is 10.0. The summed E-state index contributed by atoms with van der Waals surface area (Å²) in [7, 11) is 1.48. The Morgan fingerprint density at radius 1 is 1.18 bits per heavy atom. The third-order valence-electron chi connectivity index (χ3n) is 5.28. The molecule has 3 aromatic rings. The molecule has 0 saturated carbocycles. The van der Waals surface area contributed by atoms with Crippen molar-refractivity contribution in [2.75, 3.05) is 20.5 Å². The molecule has 0 bridgehead atoms. The maximum absolute atomic E-state index is 13.0. The van der Waals surface area contributed by atoms with E-state index in [0.29, 0.717) is 28.6 Å². The van der Waals surface area contributed by atoms with Crippen molar-refractivity contribution in [1.29, 1.82) is 5.26 Å². The number of fused-ring (bicyclic) bond motifs is 1. The third kappa shape index (κ3) is 4.06.